The zero-order chi connectivity index (χ0) is 22.8. The fraction of sp³-hybridized carbons (Fsp3) is 0.316. The molecule has 0 aliphatic rings. The molecule has 31 heavy (non-hydrogen) atoms. The van der Waals surface area contributed by atoms with E-state index in [9.17, 15) is 27.9 Å². The second kappa shape index (κ2) is 8.68. The van der Waals surface area contributed by atoms with Crippen LogP contribution in [0.3, 0.4) is 0 Å². The van der Waals surface area contributed by atoms with E-state index in [0.29, 0.717) is 11.0 Å². The lowest BCUT2D eigenvalue weighted by Crippen LogP contribution is -2.48. The molecule has 2 amide bonds. The van der Waals surface area contributed by atoms with Gasteiger partial charge in [-0.1, -0.05) is 0 Å². The van der Waals surface area contributed by atoms with Gasteiger partial charge in [0.2, 0.25) is 5.91 Å². The Morgan fingerprint density at radius 1 is 1.35 bits per heavy atom. The fourth-order valence-corrected chi connectivity index (χ4v) is 3.00. The minimum absolute atomic E-state index is 0.113. The van der Waals surface area contributed by atoms with Gasteiger partial charge < -0.3 is 24.9 Å². The van der Waals surface area contributed by atoms with Gasteiger partial charge in [-0.15, -0.1) is 0 Å². The summed E-state index contributed by atoms with van der Waals surface area (Å²) in [5, 5.41) is 19.7. The normalized spacial score (nSPS) is 12.6. The molecule has 3 rings (SSSR count). The average molecular weight is 440 g/mol. The first-order valence-corrected chi connectivity index (χ1v) is 9.04. The number of rotatable bonds is 7. The van der Waals surface area contributed by atoms with Crippen LogP contribution in [0.1, 0.15) is 27.4 Å². The third-order valence-corrected chi connectivity index (χ3v) is 4.51. The van der Waals surface area contributed by atoms with Crippen LogP contribution < -0.4 is 15.4 Å². The number of hydrogen-bond donors (Lipinski definition) is 4. The molecule has 0 fully saturated rings. The first-order valence-electron chi connectivity index (χ1n) is 9.04. The predicted octanol–water partition coefficient (Wildman–Crippen LogP) is 1.90. The Balaban J connectivity index is 1.85. The van der Waals surface area contributed by atoms with Gasteiger partial charge in [-0.2, -0.15) is 18.3 Å². The molecule has 0 saturated carbocycles. The van der Waals surface area contributed by atoms with Crippen molar-refractivity contribution in [1.82, 2.24) is 20.8 Å². The summed E-state index contributed by atoms with van der Waals surface area (Å²) >= 11 is 0. The zero-order valence-electron chi connectivity index (χ0n) is 16.5. The highest BCUT2D eigenvalue weighted by molar-refractivity contribution is 6.08. The summed E-state index contributed by atoms with van der Waals surface area (Å²) in [4.78, 5) is 24.4. The maximum absolute atomic E-state index is 12.9. The number of carbonyl (C=O) groups excluding carboxylic acids is 2. The largest absolute Gasteiger partial charge is 0.489 e. The quantitative estimate of drug-likeness (QED) is 0.444. The molecule has 0 radical (unpaired) electrons. The van der Waals surface area contributed by atoms with E-state index in [4.69, 9.17) is 9.15 Å². The van der Waals surface area contributed by atoms with E-state index >= 15 is 0 Å². The van der Waals surface area contributed by atoms with Gasteiger partial charge in [0.15, 0.2) is 0 Å². The SMILES string of the molecule is CNC(=O)C(CO)NC(=O)c1c(C)oc2ccc(OCc3cn[nH]c3C(F)(F)F)cc12. The number of hydrogen-bond acceptors (Lipinski definition) is 6. The number of amides is 2. The fourth-order valence-electron chi connectivity index (χ4n) is 3.00. The number of likely N-dealkylation sites (N-methyl/N-ethyl adjacent to an activating group) is 1. The summed E-state index contributed by atoms with van der Waals surface area (Å²) in [6.07, 6.45) is -3.57. The molecular weight excluding hydrogens is 421 g/mol. The summed E-state index contributed by atoms with van der Waals surface area (Å²) < 4.78 is 49.8. The maximum atomic E-state index is 12.9. The number of alkyl halides is 3. The van der Waals surface area contributed by atoms with E-state index in [1.165, 1.54) is 25.2 Å². The first-order chi connectivity index (χ1) is 14.7. The number of aromatic amines is 1. The molecule has 0 saturated heterocycles. The van der Waals surface area contributed by atoms with E-state index in [1.807, 2.05) is 5.10 Å². The Morgan fingerprint density at radius 2 is 2.10 bits per heavy atom. The highest BCUT2D eigenvalue weighted by Gasteiger charge is 2.35. The van der Waals surface area contributed by atoms with Crippen LogP contribution in [-0.4, -0.2) is 46.8 Å². The predicted molar refractivity (Wildman–Crippen MR) is 101 cm³/mol. The number of aromatic nitrogens is 2. The van der Waals surface area contributed by atoms with E-state index in [2.05, 4.69) is 15.7 Å². The van der Waals surface area contributed by atoms with Crippen molar-refractivity contribution in [1.29, 1.82) is 0 Å². The number of nitrogens with zero attached hydrogens (tertiary/aromatic N) is 1. The second-order valence-corrected chi connectivity index (χ2v) is 6.57. The number of fused-ring (bicyclic) bond motifs is 1. The lowest BCUT2D eigenvalue weighted by Gasteiger charge is -2.14. The third kappa shape index (κ3) is 4.63. The highest BCUT2D eigenvalue weighted by Crippen LogP contribution is 2.32. The van der Waals surface area contributed by atoms with Gasteiger partial charge >= 0.3 is 6.18 Å². The van der Waals surface area contributed by atoms with Crippen molar-refractivity contribution in [2.75, 3.05) is 13.7 Å². The molecule has 1 aromatic carbocycles. The molecule has 12 heteroatoms. The number of carbonyl (C=O) groups is 2. The number of aryl methyl sites for hydroxylation is 1. The van der Waals surface area contributed by atoms with Crippen LogP contribution in [0.4, 0.5) is 13.2 Å². The number of halogens is 3. The maximum Gasteiger partial charge on any atom is 0.433 e. The van der Waals surface area contributed by atoms with Crippen LogP contribution in [-0.2, 0) is 17.6 Å². The van der Waals surface area contributed by atoms with Crippen molar-refractivity contribution in [3.8, 4) is 5.75 Å². The van der Waals surface area contributed by atoms with Crippen molar-refractivity contribution in [2.45, 2.75) is 25.7 Å². The van der Waals surface area contributed by atoms with Crippen molar-refractivity contribution in [2.24, 2.45) is 0 Å². The van der Waals surface area contributed by atoms with Crippen molar-refractivity contribution in [3.63, 3.8) is 0 Å². The molecule has 0 spiro atoms. The summed E-state index contributed by atoms with van der Waals surface area (Å²) in [5.41, 5.74) is -0.723. The molecule has 1 atom stereocenters. The molecule has 0 bridgehead atoms. The minimum Gasteiger partial charge on any atom is -0.489 e. The molecule has 3 aromatic rings. The number of benzene rings is 1. The Labute approximate surface area is 173 Å². The van der Waals surface area contributed by atoms with E-state index in [-0.39, 0.29) is 22.6 Å². The van der Waals surface area contributed by atoms with Crippen LogP contribution >= 0.6 is 0 Å². The van der Waals surface area contributed by atoms with Gasteiger partial charge in [-0.25, -0.2) is 0 Å². The minimum atomic E-state index is -4.60. The number of ether oxygens (including phenoxy) is 1. The molecule has 166 valence electrons. The van der Waals surface area contributed by atoms with Gasteiger partial charge in [0.05, 0.1) is 18.4 Å². The monoisotopic (exact) mass is 440 g/mol. The summed E-state index contributed by atoms with van der Waals surface area (Å²) in [7, 11) is 1.36. The second-order valence-electron chi connectivity index (χ2n) is 6.57. The van der Waals surface area contributed by atoms with Gasteiger partial charge in [-0.3, -0.25) is 14.7 Å². The Hall–Kier alpha value is -3.54. The summed E-state index contributed by atoms with van der Waals surface area (Å²) in [6.45, 7) is 0.531. The molecule has 2 aromatic heterocycles. The van der Waals surface area contributed by atoms with E-state index in [1.54, 1.807) is 6.92 Å². The lowest BCUT2D eigenvalue weighted by molar-refractivity contribution is -0.142. The van der Waals surface area contributed by atoms with Gasteiger partial charge in [0.1, 0.15) is 35.4 Å². The molecule has 0 aliphatic heterocycles. The summed E-state index contributed by atoms with van der Waals surface area (Å²) in [6, 6.07) is 3.28. The van der Waals surface area contributed by atoms with Crippen LogP contribution in [0.25, 0.3) is 11.0 Å². The molecule has 9 nitrogen and oxygen atoms in total. The molecule has 0 aliphatic carbocycles. The summed E-state index contributed by atoms with van der Waals surface area (Å²) in [5.74, 6) is -0.787. The highest BCUT2D eigenvalue weighted by atomic mass is 19.4. The van der Waals surface area contributed by atoms with Crippen LogP contribution in [0.2, 0.25) is 0 Å². The van der Waals surface area contributed by atoms with Crippen LogP contribution in [0.15, 0.2) is 28.8 Å². The van der Waals surface area contributed by atoms with Gasteiger partial charge in [0.25, 0.3) is 5.91 Å². The van der Waals surface area contributed by atoms with E-state index < -0.39 is 42.9 Å². The zero-order valence-corrected chi connectivity index (χ0v) is 16.5. The molecule has 1 unspecified atom stereocenters. The topological polar surface area (TPSA) is 129 Å². The van der Waals surface area contributed by atoms with Crippen molar-refractivity contribution >= 4 is 22.8 Å². The van der Waals surface area contributed by atoms with E-state index in [0.717, 1.165) is 6.20 Å². The Morgan fingerprint density at radius 3 is 2.74 bits per heavy atom. The van der Waals surface area contributed by atoms with Crippen LogP contribution in [0.5, 0.6) is 5.75 Å². The van der Waals surface area contributed by atoms with Gasteiger partial charge in [-0.05, 0) is 25.1 Å². The Kier molecular flexibility index (Phi) is 6.20. The number of aliphatic hydroxyl groups excluding tert-OH is 1. The average Bonchev–Trinajstić information content (AvgIpc) is 3.32. The smallest absolute Gasteiger partial charge is 0.433 e. The molecule has 4 N–H and O–H groups in total. The Bertz CT molecular complexity index is 1110. The van der Waals surface area contributed by atoms with Crippen molar-refractivity contribution in [3.05, 3.63) is 47.0 Å². The standard InChI is InChI=1S/C19H19F3N4O5/c1-9-15(18(29)25-13(7-27)17(28)23-2)12-5-11(3-4-14(12)31-9)30-8-10-6-24-26-16(10)19(20,21)22/h3-6,13,27H,7-8H2,1-2H3,(H,23,28)(H,24,26)(H,25,29). The lowest BCUT2D eigenvalue weighted by atomic mass is 10.1. The number of nitrogens with one attached hydrogen (secondary N) is 3. The van der Waals surface area contributed by atoms with Gasteiger partial charge in [0, 0.05) is 18.0 Å². The number of H-pyrrole nitrogens is 1. The molecule has 2 heterocycles. The number of aliphatic hydroxyl groups is 1. The van der Waals surface area contributed by atoms with Crippen LogP contribution in [0, 0.1) is 6.92 Å². The number of furan rings is 1. The first kappa shape index (κ1) is 22.2. The molecular formula is C19H19F3N4O5. The third-order valence-electron chi connectivity index (χ3n) is 4.51. The van der Waals surface area contributed by atoms with Crippen molar-refractivity contribution < 1.29 is 37.0 Å².